The molecule has 14 heavy (non-hydrogen) atoms. The number of thiophene rings is 1. The average molecular weight is 215 g/mol. The Hall–Kier alpha value is -0.580. The minimum absolute atomic E-state index is 0.577. The maximum Gasteiger partial charge on any atom is 0.134 e. The Kier molecular flexibility index (Phi) is 3.92. The van der Waals surface area contributed by atoms with Gasteiger partial charge in [0.05, 0.1) is 17.6 Å². The van der Waals surface area contributed by atoms with E-state index in [1.54, 1.807) is 32.3 Å². The van der Waals surface area contributed by atoms with E-state index in [2.05, 4.69) is 5.32 Å². The lowest BCUT2D eigenvalue weighted by atomic mass is 10.1. The molecule has 4 heteroatoms. The third-order valence-corrected chi connectivity index (χ3v) is 2.67. The van der Waals surface area contributed by atoms with Crippen LogP contribution in [0.3, 0.4) is 0 Å². The molecule has 0 fully saturated rings. The predicted molar refractivity (Wildman–Crippen MR) is 58.9 cm³/mol. The standard InChI is InChI=1S/C10H17NO2S/c1-10(2,12)7-11-6-9-8(13-3)4-5-14-9/h4-5,11-12H,6-7H2,1-3H3. The molecule has 0 aromatic carbocycles. The molecular weight excluding hydrogens is 198 g/mol. The second kappa shape index (κ2) is 4.77. The van der Waals surface area contributed by atoms with Crippen molar-refractivity contribution in [3.05, 3.63) is 16.3 Å². The molecule has 1 aromatic rings. The van der Waals surface area contributed by atoms with Crippen LogP contribution >= 0.6 is 11.3 Å². The van der Waals surface area contributed by atoms with E-state index in [1.165, 1.54) is 0 Å². The zero-order chi connectivity index (χ0) is 10.6. The average Bonchev–Trinajstić information content (AvgIpc) is 2.49. The minimum atomic E-state index is -0.662. The lowest BCUT2D eigenvalue weighted by Gasteiger charge is -2.17. The number of hydrogen-bond donors (Lipinski definition) is 2. The van der Waals surface area contributed by atoms with Gasteiger partial charge in [-0.3, -0.25) is 0 Å². The van der Waals surface area contributed by atoms with Crippen LogP contribution in [-0.2, 0) is 6.54 Å². The van der Waals surface area contributed by atoms with Gasteiger partial charge >= 0.3 is 0 Å². The van der Waals surface area contributed by atoms with Crippen molar-refractivity contribution < 1.29 is 9.84 Å². The molecule has 0 radical (unpaired) electrons. The number of hydrogen-bond acceptors (Lipinski definition) is 4. The van der Waals surface area contributed by atoms with Gasteiger partial charge in [-0.1, -0.05) is 0 Å². The van der Waals surface area contributed by atoms with Crippen LogP contribution in [0.25, 0.3) is 0 Å². The second-order valence-corrected chi connectivity index (χ2v) is 4.83. The highest BCUT2D eigenvalue weighted by molar-refractivity contribution is 7.10. The maximum atomic E-state index is 9.48. The normalized spacial score (nSPS) is 11.7. The summed E-state index contributed by atoms with van der Waals surface area (Å²) >= 11 is 1.66. The number of methoxy groups -OCH3 is 1. The van der Waals surface area contributed by atoms with E-state index >= 15 is 0 Å². The molecule has 0 aliphatic carbocycles. The molecule has 1 aromatic heterocycles. The maximum absolute atomic E-state index is 9.48. The first-order valence-corrected chi connectivity index (χ1v) is 5.44. The van der Waals surface area contributed by atoms with Gasteiger partial charge in [-0.15, -0.1) is 11.3 Å². The smallest absolute Gasteiger partial charge is 0.134 e. The van der Waals surface area contributed by atoms with Crippen molar-refractivity contribution in [1.29, 1.82) is 0 Å². The van der Waals surface area contributed by atoms with Gasteiger partial charge in [-0.25, -0.2) is 0 Å². The lowest BCUT2D eigenvalue weighted by Crippen LogP contribution is -2.34. The summed E-state index contributed by atoms with van der Waals surface area (Å²) in [6.07, 6.45) is 0. The van der Waals surface area contributed by atoms with Crippen LogP contribution in [0.2, 0.25) is 0 Å². The zero-order valence-electron chi connectivity index (χ0n) is 8.83. The van der Waals surface area contributed by atoms with E-state index in [0.717, 1.165) is 17.2 Å². The molecule has 1 rings (SSSR count). The molecule has 1 heterocycles. The molecular formula is C10H17NO2S. The summed E-state index contributed by atoms with van der Waals surface area (Å²) in [6, 6.07) is 1.95. The molecule has 0 aliphatic rings. The minimum Gasteiger partial charge on any atom is -0.496 e. The summed E-state index contributed by atoms with van der Waals surface area (Å²) in [5.74, 6) is 0.915. The summed E-state index contributed by atoms with van der Waals surface area (Å²) in [6.45, 7) is 4.89. The molecule has 0 atom stereocenters. The van der Waals surface area contributed by atoms with Gasteiger partial charge in [-0.2, -0.15) is 0 Å². The Morgan fingerprint density at radius 1 is 1.57 bits per heavy atom. The number of aliphatic hydroxyl groups is 1. The topological polar surface area (TPSA) is 41.5 Å². The van der Waals surface area contributed by atoms with E-state index in [9.17, 15) is 5.11 Å². The highest BCUT2D eigenvalue weighted by atomic mass is 32.1. The molecule has 0 aliphatic heterocycles. The van der Waals surface area contributed by atoms with Crippen molar-refractivity contribution >= 4 is 11.3 Å². The zero-order valence-corrected chi connectivity index (χ0v) is 9.65. The Labute approximate surface area is 88.7 Å². The highest BCUT2D eigenvalue weighted by Crippen LogP contribution is 2.23. The van der Waals surface area contributed by atoms with Gasteiger partial charge in [0.1, 0.15) is 5.75 Å². The summed E-state index contributed by atoms with van der Waals surface area (Å²) in [4.78, 5) is 1.16. The van der Waals surface area contributed by atoms with E-state index < -0.39 is 5.60 Å². The quantitative estimate of drug-likeness (QED) is 0.784. The molecule has 0 saturated carbocycles. The number of rotatable bonds is 5. The lowest BCUT2D eigenvalue weighted by molar-refractivity contribution is 0.0795. The van der Waals surface area contributed by atoms with Crippen LogP contribution in [0, 0.1) is 0 Å². The summed E-state index contributed by atoms with van der Waals surface area (Å²) in [7, 11) is 1.67. The third-order valence-electron chi connectivity index (χ3n) is 1.77. The van der Waals surface area contributed by atoms with E-state index in [-0.39, 0.29) is 0 Å². The van der Waals surface area contributed by atoms with Gasteiger partial charge < -0.3 is 15.2 Å². The largest absolute Gasteiger partial charge is 0.496 e. The summed E-state index contributed by atoms with van der Waals surface area (Å²) < 4.78 is 5.18. The van der Waals surface area contributed by atoms with Crippen molar-refractivity contribution in [3.63, 3.8) is 0 Å². The molecule has 0 saturated heterocycles. The van der Waals surface area contributed by atoms with Crippen molar-refractivity contribution in [3.8, 4) is 5.75 Å². The Morgan fingerprint density at radius 2 is 2.29 bits per heavy atom. The molecule has 0 amide bonds. The summed E-state index contributed by atoms with van der Waals surface area (Å²) in [5.41, 5.74) is -0.662. The van der Waals surface area contributed by atoms with E-state index in [4.69, 9.17) is 4.74 Å². The van der Waals surface area contributed by atoms with Crippen LogP contribution in [0.4, 0.5) is 0 Å². The Bertz CT molecular complexity index is 278. The first-order valence-electron chi connectivity index (χ1n) is 4.56. The van der Waals surface area contributed by atoms with E-state index in [1.807, 2.05) is 11.4 Å². The molecule has 0 bridgehead atoms. The first kappa shape index (κ1) is 11.5. The molecule has 0 unspecified atom stereocenters. The first-order chi connectivity index (χ1) is 6.53. The van der Waals surface area contributed by atoms with Gasteiger partial charge in [0.2, 0.25) is 0 Å². The Morgan fingerprint density at radius 3 is 2.86 bits per heavy atom. The van der Waals surface area contributed by atoms with Gasteiger partial charge in [0.15, 0.2) is 0 Å². The van der Waals surface area contributed by atoms with Crippen molar-refractivity contribution in [2.75, 3.05) is 13.7 Å². The fourth-order valence-corrected chi connectivity index (χ4v) is 1.93. The SMILES string of the molecule is COc1ccsc1CNCC(C)(C)O. The van der Waals surface area contributed by atoms with Gasteiger partial charge in [-0.05, 0) is 25.3 Å². The number of nitrogens with one attached hydrogen (secondary N) is 1. The molecule has 0 spiro atoms. The fourth-order valence-electron chi connectivity index (χ4n) is 1.12. The van der Waals surface area contributed by atoms with Crippen molar-refractivity contribution in [2.45, 2.75) is 26.0 Å². The molecule has 80 valence electrons. The van der Waals surface area contributed by atoms with Crippen molar-refractivity contribution in [1.82, 2.24) is 5.32 Å². The van der Waals surface area contributed by atoms with E-state index in [0.29, 0.717) is 6.54 Å². The van der Waals surface area contributed by atoms with Crippen LogP contribution in [-0.4, -0.2) is 24.4 Å². The van der Waals surface area contributed by atoms with Crippen LogP contribution in [0.15, 0.2) is 11.4 Å². The highest BCUT2D eigenvalue weighted by Gasteiger charge is 2.12. The second-order valence-electron chi connectivity index (χ2n) is 3.83. The fraction of sp³-hybridized carbons (Fsp3) is 0.600. The van der Waals surface area contributed by atoms with Gasteiger partial charge in [0.25, 0.3) is 0 Å². The van der Waals surface area contributed by atoms with Crippen LogP contribution < -0.4 is 10.1 Å². The van der Waals surface area contributed by atoms with Gasteiger partial charge in [0, 0.05) is 13.1 Å². The van der Waals surface area contributed by atoms with Crippen LogP contribution in [0.5, 0.6) is 5.75 Å². The Balaban J connectivity index is 2.38. The van der Waals surface area contributed by atoms with Crippen LogP contribution in [0.1, 0.15) is 18.7 Å². The molecule has 3 nitrogen and oxygen atoms in total. The monoisotopic (exact) mass is 215 g/mol. The predicted octanol–water partition coefficient (Wildman–Crippen LogP) is 1.62. The molecule has 2 N–H and O–H groups in total. The van der Waals surface area contributed by atoms with Crippen molar-refractivity contribution in [2.24, 2.45) is 0 Å². The number of ether oxygens (including phenoxy) is 1. The summed E-state index contributed by atoms with van der Waals surface area (Å²) in [5, 5.41) is 14.7. The third kappa shape index (κ3) is 3.65.